The van der Waals surface area contributed by atoms with E-state index in [1.54, 1.807) is 7.05 Å². The molecule has 1 unspecified atom stereocenters. The molecule has 3 rings (SSSR count). The normalized spacial score (nSPS) is 19.0. The second kappa shape index (κ2) is 11.2. The van der Waals surface area contributed by atoms with Crippen molar-refractivity contribution in [1.29, 1.82) is 0 Å². The largest absolute Gasteiger partial charge is 0.488 e. The average Bonchev–Trinajstić information content (AvgIpc) is 3.30. The Bertz CT molecular complexity index is 736. The number of nitrogens with zero attached hydrogens (tertiary/aromatic N) is 2. The number of urea groups is 1. The monoisotopic (exact) mass is 517 g/mol. The first-order chi connectivity index (χ1) is 13.6. The molecule has 29 heavy (non-hydrogen) atoms. The molecule has 0 radical (unpaired) electrons. The summed E-state index contributed by atoms with van der Waals surface area (Å²) < 4.78 is 11.5. The lowest BCUT2D eigenvalue weighted by molar-refractivity contribution is -0.124. The van der Waals surface area contributed by atoms with Crippen molar-refractivity contribution in [2.24, 2.45) is 4.99 Å². The Morgan fingerprint density at radius 1 is 1.38 bits per heavy atom. The molecule has 2 aliphatic rings. The van der Waals surface area contributed by atoms with E-state index >= 15 is 0 Å². The van der Waals surface area contributed by atoms with Crippen molar-refractivity contribution >= 4 is 41.9 Å². The summed E-state index contributed by atoms with van der Waals surface area (Å²) >= 11 is 0. The van der Waals surface area contributed by atoms with Crippen molar-refractivity contribution in [3.63, 3.8) is 0 Å². The number of aryl methyl sites for hydroxylation is 1. The molecule has 1 aromatic carbocycles. The maximum Gasteiger partial charge on any atom is 0.324 e. The minimum absolute atomic E-state index is 0. The standard InChI is InChI=1S/C19H27N5O4.HI/c1-13-3-4-14(16(9-13)28-15-5-8-27-12-15)10-22-18(20-2)21-6-7-24-17(25)11-23-19(24)26;/h3-4,9,15H,5-8,10-12H2,1-2H3,(H,23,26)(H2,20,21,22);1H. The number of ether oxygens (including phenoxy) is 2. The second-order valence-electron chi connectivity index (χ2n) is 6.77. The summed E-state index contributed by atoms with van der Waals surface area (Å²) in [4.78, 5) is 28.5. The molecule has 160 valence electrons. The van der Waals surface area contributed by atoms with Crippen LogP contribution < -0.4 is 20.7 Å². The van der Waals surface area contributed by atoms with Crippen LogP contribution in [0.5, 0.6) is 5.75 Å². The molecule has 2 aliphatic heterocycles. The number of guanidine groups is 1. The SMILES string of the molecule is CN=C(NCCN1C(=O)CNC1=O)NCc1ccc(C)cc1OC1CCOC1.I. The number of halogens is 1. The summed E-state index contributed by atoms with van der Waals surface area (Å²) in [5.74, 6) is 1.22. The van der Waals surface area contributed by atoms with Crippen LogP contribution in [0.25, 0.3) is 0 Å². The Labute approximate surface area is 187 Å². The van der Waals surface area contributed by atoms with Gasteiger partial charge in [-0.25, -0.2) is 4.79 Å². The summed E-state index contributed by atoms with van der Waals surface area (Å²) in [6.07, 6.45) is 0.981. The van der Waals surface area contributed by atoms with Crippen molar-refractivity contribution in [3.8, 4) is 5.75 Å². The van der Waals surface area contributed by atoms with Gasteiger partial charge in [0.25, 0.3) is 0 Å². The van der Waals surface area contributed by atoms with E-state index in [-0.39, 0.29) is 55.1 Å². The lowest BCUT2D eigenvalue weighted by atomic mass is 10.1. The van der Waals surface area contributed by atoms with Gasteiger partial charge in [0.2, 0.25) is 5.91 Å². The van der Waals surface area contributed by atoms with Crippen molar-refractivity contribution in [2.75, 3.05) is 39.9 Å². The van der Waals surface area contributed by atoms with Gasteiger partial charge in [-0.1, -0.05) is 12.1 Å². The maximum atomic E-state index is 11.6. The smallest absolute Gasteiger partial charge is 0.324 e. The van der Waals surface area contributed by atoms with E-state index in [4.69, 9.17) is 9.47 Å². The molecule has 3 N–H and O–H groups in total. The van der Waals surface area contributed by atoms with Gasteiger partial charge in [0.1, 0.15) is 11.9 Å². The first-order valence-corrected chi connectivity index (χ1v) is 9.43. The molecular weight excluding hydrogens is 489 g/mol. The summed E-state index contributed by atoms with van der Waals surface area (Å²) in [6, 6.07) is 5.76. The zero-order valence-corrected chi connectivity index (χ0v) is 19.0. The van der Waals surface area contributed by atoms with Crippen LogP contribution in [0.3, 0.4) is 0 Å². The first-order valence-electron chi connectivity index (χ1n) is 9.43. The molecule has 3 amide bonds. The number of amides is 3. The van der Waals surface area contributed by atoms with E-state index in [2.05, 4.69) is 20.9 Å². The number of carbonyl (C=O) groups is 2. The van der Waals surface area contributed by atoms with Crippen LogP contribution in [0.2, 0.25) is 0 Å². The molecule has 2 fully saturated rings. The zero-order valence-electron chi connectivity index (χ0n) is 16.7. The van der Waals surface area contributed by atoms with Crippen LogP contribution in [0.4, 0.5) is 4.79 Å². The number of imide groups is 1. The summed E-state index contributed by atoms with van der Waals surface area (Å²) in [6.45, 7) is 4.68. The number of carbonyl (C=O) groups excluding carboxylic acids is 2. The van der Waals surface area contributed by atoms with Crippen LogP contribution in [-0.2, 0) is 16.1 Å². The predicted molar refractivity (Wildman–Crippen MR) is 120 cm³/mol. The topological polar surface area (TPSA) is 104 Å². The molecule has 0 aromatic heterocycles. The van der Waals surface area contributed by atoms with Gasteiger partial charge in [0.05, 0.1) is 19.8 Å². The molecule has 0 spiro atoms. The van der Waals surface area contributed by atoms with Crippen LogP contribution in [0.1, 0.15) is 17.5 Å². The highest BCUT2D eigenvalue weighted by molar-refractivity contribution is 14.0. The lowest BCUT2D eigenvalue weighted by Gasteiger charge is -2.18. The van der Waals surface area contributed by atoms with Crippen molar-refractivity contribution in [1.82, 2.24) is 20.9 Å². The van der Waals surface area contributed by atoms with Gasteiger partial charge in [0.15, 0.2) is 5.96 Å². The molecular formula is C19H28IN5O4. The fourth-order valence-corrected chi connectivity index (χ4v) is 3.07. The first kappa shape index (κ1) is 23.2. The maximum absolute atomic E-state index is 11.6. The highest BCUT2D eigenvalue weighted by atomic mass is 127. The number of hydrogen-bond acceptors (Lipinski definition) is 5. The quantitative estimate of drug-likeness (QED) is 0.216. The van der Waals surface area contributed by atoms with E-state index in [0.29, 0.717) is 25.7 Å². The third-order valence-electron chi connectivity index (χ3n) is 4.64. The second-order valence-corrected chi connectivity index (χ2v) is 6.77. The molecule has 1 atom stereocenters. The fraction of sp³-hybridized carbons (Fsp3) is 0.526. The van der Waals surface area contributed by atoms with Crippen LogP contribution in [0, 0.1) is 6.92 Å². The highest BCUT2D eigenvalue weighted by Crippen LogP contribution is 2.23. The Balaban J connectivity index is 0.00000300. The van der Waals surface area contributed by atoms with Gasteiger partial charge in [-0.3, -0.25) is 14.7 Å². The predicted octanol–water partition coefficient (Wildman–Crippen LogP) is 0.998. The Hall–Kier alpha value is -2.08. The Morgan fingerprint density at radius 2 is 2.21 bits per heavy atom. The molecule has 0 bridgehead atoms. The lowest BCUT2D eigenvalue weighted by Crippen LogP contribution is -2.43. The Morgan fingerprint density at radius 3 is 2.86 bits per heavy atom. The number of hydrogen-bond donors (Lipinski definition) is 3. The van der Waals surface area contributed by atoms with E-state index in [9.17, 15) is 9.59 Å². The molecule has 2 saturated heterocycles. The minimum atomic E-state index is -0.355. The van der Waals surface area contributed by atoms with Crippen molar-refractivity contribution in [3.05, 3.63) is 29.3 Å². The van der Waals surface area contributed by atoms with Gasteiger partial charge < -0.3 is 25.4 Å². The molecule has 2 heterocycles. The third kappa shape index (κ3) is 6.46. The molecule has 0 saturated carbocycles. The zero-order chi connectivity index (χ0) is 19.9. The van der Waals surface area contributed by atoms with Gasteiger partial charge in [-0.05, 0) is 18.6 Å². The summed E-state index contributed by atoms with van der Waals surface area (Å²) in [7, 11) is 1.67. The number of rotatable bonds is 7. The van der Waals surface area contributed by atoms with E-state index < -0.39 is 0 Å². The third-order valence-corrected chi connectivity index (χ3v) is 4.64. The van der Waals surface area contributed by atoms with E-state index in [1.807, 2.05) is 25.1 Å². The van der Waals surface area contributed by atoms with E-state index in [1.165, 1.54) is 4.90 Å². The molecule has 10 heteroatoms. The number of benzene rings is 1. The van der Waals surface area contributed by atoms with Crippen LogP contribution in [0.15, 0.2) is 23.2 Å². The number of aliphatic imine (C=N–C) groups is 1. The van der Waals surface area contributed by atoms with Gasteiger partial charge in [0, 0.05) is 38.7 Å². The average molecular weight is 517 g/mol. The van der Waals surface area contributed by atoms with Crippen molar-refractivity contribution in [2.45, 2.75) is 26.0 Å². The molecule has 0 aliphatic carbocycles. The van der Waals surface area contributed by atoms with E-state index in [0.717, 1.165) is 29.9 Å². The fourth-order valence-electron chi connectivity index (χ4n) is 3.07. The van der Waals surface area contributed by atoms with Gasteiger partial charge in [-0.15, -0.1) is 24.0 Å². The van der Waals surface area contributed by atoms with Gasteiger partial charge in [-0.2, -0.15) is 0 Å². The van der Waals surface area contributed by atoms with Crippen molar-refractivity contribution < 1.29 is 19.1 Å². The number of nitrogens with one attached hydrogen (secondary N) is 3. The molecule has 9 nitrogen and oxygen atoms in total. The summed E-state index contributed by atoms with van der Waals surface area (Å²) in [5, 5.41) is 8.86. The summed E-state index contributed by atoms with van der Waals surface area (Å²) in [5.41, 5.74) is 2.16. The van der Waals surface area contributed by atoms with Gasteiger partial charge >= 0.3 is 6.03 Å². The Kier molecular flexibility index (Phi) is 8.96. The van der Waals surface area contributed by atoms with Crippen LogP contribution in [-0.4, -0.2) is 68.8 Å². The van der Waals surface area contributed by atoms with Crippen LogP contribution >= 0.6 is 24.0 Å². The minimum Gasteiger partial charge on any atom is -0.488 e. The highest BCUT2D eigenvalue weighted by Gasteiger charge is 2.27. The molecule has 1 aromatic rings.